The number of nitrogens with zero attached hydrogens (tertiary/aromatic N) is 2. The topological polar surface area (TPSA) is 90.0 Å². The second-order valence-electron chi connectivity index (χ2n) is 3.63. The van der Waals surface area contributed by atoms with E-state index in [1.165, 1.54) is 6.33 Å². The summed E-state index contributed by atoms with van der Waals surface area (Å²) in [7, 11) is 0. The zero-order chi connectivity index (χ0) is 13.0. The molecule has 1 unspecified atom stereocenters. The second-order valence-corrected chi connectivity index (χ2v) is 3.99. The van der Waals surface area contributed by atoms with E-state index < -0.39 is 11.6 Å². The third kappa shape index (κ3) is 2.97. The molecule has 6 nitrogen and oxygen atoms in total. The zero-order valence-corrected chi connectivity index (χ0v) is 10.5. The average Bonchev–Trinajstić information content (AvgIpc) is 2.32. The number of nitrogen functional groups attached to an aromatic ring is 1. The van der Waals surface area contributed by atoms with Crippen LogP contribution in [-0.4, -0.2) is 22.0 Å². The minimum atomic E-state index is -0.666. The minimum absolute atomic E-state index is 0.0487. The molecule has 1 aromatic heterocycles. The van der Waals surface area contributed by atoms with E-state index in [-0.39, 0.29) is 16.7 Å². The van der Waals surface area contributed by atoms with Gasteiger partial charge in [0.1, 0.15) is 18.1 Å². The number of nitrogens with one attached hydrogen (secondary N) is 1. The van der Waals surface area contributed by atoms with Gasteiger partial charge in [0, 0.05) is 6.54 Å². The highest BCUT2D eigenvalue weighted by Crippen LogP contribution is 2.10. The average molecular weight is 259 g/mol. The van der Waals surface area contributed by atoms with Crippen molar-refractivity contribution in [3.05, 3.63) is 21.8 Å². The van der Waals surface area contributed by atoms with Crippen molar-refractivity contribution >= 4 is 23.2 Å². The molecular formula is C10H15ClN4O2. The standard InChI is InChI=1S/C10H15ClN4O2/c1-3-4-13-9(16)6(2)15-5-14-8(11)7(12)10(15)17/h5-6H,3-4,12H2,1-2H3,(H,13,16). The number of halogens is 1. The van der Waals surface area contributed by atoms with Crippen LogP contribution < -0.4 is 16.6 Å². The highest BCUT2D eigenvalue weighted by molar-refractivity contribution is 6.31. The Morgan fingerprint density at radius 3 is 2.94 bits per heavy atom. The van der Waals surface area contributed by atoms with Crippen molar-refractivity contribution in [1.29, 1.82) is 0 Å². The van der Waals surface area contributed by atoms with Gasteiger partial charge in [-0.15, -0.1) is 0 Å². The van der Waals surface area contributed by atoms with Crippen LogP contribution in [0.15, 0.2) is 11.1 Å². The number of amides is 1. The molecule has 1 atom stereocenters. The van der Waals surface area contributed by atoms with Gasteiger partial charge in [0.25, 0.3) is 5.56 Å². The Morgan fingerprint density at radius 2 is 2.35 bits per heavy atom. The van der Waals surface area contributed by atoms with Gasteiger partial charge in [-0.25, -0.2) is 4.98 Å². The van der Waals surface area contributed by atoms with E-state index in [2.05, 4.69) is 10.3 Å². The van der Waals surface area contributed by atoms with Crippen LogP contribution in [0.5, 0.6) is 0 Å². The third-order valence-corrected chi connectivity index (χ3v) is 2.63. The van der Waals surface area contributed by atoms with E-state index >= 15 is 0 Å². The van der Waals surface area contributed by atoms with E-state index in [9.17, 15) is 9.59 Å². The summed E-state index contributed by atoms with van der Waals surface area (Å²) >= 11 is 5.60. The van der Waals surface area contributed by atoms with Crippen molar-refractivity contribution in [3.63, 3.8) is 0 Å². The molecule has 1 heterocycles. The number of hydrogen-bond donors (Lipinski definition) is 2. The first-order valence-corrected chi connectivity index (χ1v) is 5.66. The molecule has 94 valence electrons. The lowest BCUT2D eigenvalue weighted by Gasteiger charge is -2.14. The van der Waals surface area contributed by atoms with E-state index in [0.717, 1.165) is 11.0 Å². The summed E-state index contributed by atoms with van der Waals surface area (Å²) in [4.78, 5) is 27.2. The number of anilines is 1. The number of carbonyl (C=O) groups is 1. The molecule has 1 rings (SSSR count). The molecule has 0 saturated heterocycles. The Kier molecular flexibility index (Phi) is 4.51. The molecule has 0 aromatic carbocycles. The van der Waals surface area contributed by atoms with Crippen LogP contribution in [0.3, 0.4) is 0 Å². The number of carbonyl (C=O) groups excluding carboxylic acids is 1. The maximum absolute atomic E-state index is 11.7. The van der Waals surface area contributed by atoms with Gasteiger partial charge < -0.3 is 11.1 Å². The maximum atomic E-state index is 11.7. The minimum Gasteiger partial charge on any atom is -0.392 e. The van der Waals surface area contributed by atoms with Crippen molar-refractivity contribution in [2.75, 3.05) is 12.3 Å². The zero-order valence-electron chi connectivity index (χ0n) is 9.74. The molecule has 0 saturated carbocycles. The lowest BCUT2D eigenvalue weighted by atomic mass is 10.3. The summed E-state index contributed by atoms with van der Waals surface area (Å²) in [5.74, 6) is -0.252. The fourth-order valence-corrected chi connectivity index (χ4v) is 1.38. The van der Waals surface area contributed by atoms with E-state index in [1.807, 2.05) is 6.92 Å². The van der Waals surface area contributed by atoms with E-state index in [1.54, 1.807) is 6.92 Å². The maximum Gasteiger partial charge on any atom is 0.278 e. The predicted octanol–water partition coefficient (Wildman–Crippen LogP) is 0.566. The fraction of sp³-hybridized carbons (Fsp3) is 0.500. The van der Waals surface area contributed by atoms with Gasteiger partial charge in [-0.1, -0.05) is 18.5 Å². The van der Waals surface area contributed by atoms with Crippen LogP contribution >= 0.6 is 11.6 Å². The molecule has 0 spiro atoms. The summed E-state index contributed by atoms with van der Waals surface area (Å²) in [5.41, 5.74) is 4.80. The Hall–Kier alpha value is -1.56. The molecule has 1 aromatic rings. The second kappa shape index (κ2) is 5.67. The molecule has 3 N–H and O–H groups in total. The molecule has 0 aliphatic rings. The Morgan fingerprint density at radius 1 is 1.71 bits per heavy atom. The summed E-state index contributed by atoms with van der Waals surface area (Å²) < 4.78 is 1.16. The van der Waals surface area contributed by atoms with Crippen molar-refractivity contribution in [3.8, 4) is 0 Å². The van der Waals surface area contributed by atoms with Crippen LogP contribution in [0.25, 0.3) is 0 Å². The highest BCUT2D eigenvalue weighted by Gasteiger charge is 2.17. The first-order chi connectivity index (χ1) is 7.99. The lowest BCUT2D eigenvalue weighted by molar-refractivity contribution is -0.123. The monoisotopic (exact) mass is 258 g/mol. The van der Waals surface area contributed by atoms with Gasteiger partial charge in [-0.3, -0.25) is 14.2 Å². The van der Waals surface area contributed by atoms with Crippen LogP contribution in [-0.2, 0) is 4.79 Å². The van der Waals surface area contributed by atoms with Crippen molar-refractivity contribution in [1.82, 2.24) is 14.9 Å². The molecule has 0 aliphatic carbocycles. The smallest absolute Gasteiger partial charge is 0.278 e. The summed E-state index contributed by atoms with van der Waals surface area (Å²) in [6.07, 6.45) is 2.05. The molecule has 0 bridgehead atoms. The third-order valence-electron chi connectivity index (χ3n) is 2.33. The van der Waals surface area contributed by atoms with Gasteiger partial charge in [0.15, 0.2) is 5.15 Å². The van der Waals surface area contributed by atoms with Crippen molar-refractivity contribution < 1.29 is 4.79 Å². The van der Waals surface area contributed by atoms with Crippen molar-refractivity contribution in [2.24, 2.45) is 0 Å². The Bertz CT molecular complexity index is 472. The summed E-state index contributed by atoms with van der Waals surface area (Å²) in [6.45, 7) is 4.11. The SMILES string of the molecule is CCCNC(=O)C(C)n1cnc(Cl)c(N)c1=O. The van der Waals surface area contributed by atoms with E-state index in [4.69, 9.17) is 17.3 Å². The van der Waals surface area contributed by atoms with Crippen LogP contribution in [0.2, 0.25) is 5.15 Å². The molecule has 0 aliphatic heterocycles. The number of aromatic nitrogens is 2. The van der Waals surface area contributed by atoms with Crippen LogP contribution in [0.4, 0.5) is 5.69 Å². The molecule has 7 heteroatoms. The lowest BCUT2D eigenvalue weighted by Crippen LogP contribution is -2.36. The molecule has 0 radical (unpaired) electrons. The molecule has 17 heavy (non-hydrogen) atoms. The Balaban J connectivity index is 2.97. The van der Waals surface area contributed by atoms with Gasteiger partial charge >= 0.3 is 0 Å². The summed E-state index contributed by atoms with van der Waals surface area (Å²) in [5, 5.41) is 2.64. The highest BCUT2D eigenvalue weighted by atomic mass is 35.5. The largest absolute Gasteiger partial charge is 0.392 e. The normalized spacial score (nSPS) is 12.2. The Labute approximate surface area is 104 Å². The van der Waals surface area contributed by atoms with Crippen LogP contribution in [0, 0.1) is 0 Å². The van der Waals surface area contributed by atoms with Gasteiger partial charge in [-0.2, -0.15) is 0 Å². The van der Waals surface area contributed by atoms with Gasteiger partial charge in [-0.05, 0) is 13.3 Å². The fourth-order valence-electron chi connectivity index (χ4n) is 1.26. The summed E-state index contributed by atoms with van der Waals surface area (Å²) in [6, 6.07) is -0.666. The van der Waals surface area contributed by atoms with Crippen LogP contribution in [0.1, 0.15) is 26.3 Å². The number of nitrogens with two attached hydrogens (primary N) is 1. The quantitative estimate of drug-likeness (QED) is 0.773. The molecule has 0 fully saturated rings. The van der Waals surface area contributed by atoms with E-state index in [0.29, 0.717) is 6.54 Å². The predicted molar refractivity (Wildman–Crippen MR) is 65.9 cm³/mol. The molecular weight excluding hydrogens is 244 g/mol. The van der Waals surface area contributed by atoms with Gasteiger partial charge in [0.05, 0.1) is 0 Å². The van der Waals surface area contributed by atoms with Gasteiger partial charge in [0.2, 0.25) is 5.91 Å². The number of rotatable bonds is 4. The first-order valence-electron chi connectivity index (χ1n) is 5.28. The van der Waals surface area contributed by atoms with Crippen molar-refractivity contribution in [2.45, 2.75) is 26.3 Å². The molecule has 1 amide bonds. The first kappa shape index (κ1) is 13.5. The number of hydrogen-bond acceptors (Lipinski definition) is 4.